The van der Waals surface area contributed by atoms with Gasteiger partial charge in [-0.2, -0.15) is 0 Å². The molecule has 0 bridgehead atoms. The summed E-state index contributed by atoms with van der Waals surface area (Å²) in [6.07, 6.45) is 5.72. The van der Waals surface area contributed by atoms with Crippen molar-refractivity contribution in [3.05, 3.63) is 81.8 Å². The number of carbonyl (C=O) groups excluding carboxylic acids is 2. The molecule has 2 amide bonds. The van der Waals surface area contributed by atoms with Crippen molar-refractivity contribution in [3.8, 4) is 28.4 Å². The van der Waals surface area contributed by atoms with E-state index < -0.39 is 5.82 Å². The smallest absolute Gasteiger partial charge is 0.220 e. The van der Waals surface area contributed by atoms with Crippen LogP contribution in [0, 0.1) is 5.82 Å². The molecule has 0 saturated carbocycles. The summed E-state index contributed by atoms with van der Waals surface area (Å²) in [4.78, 5) is 36.3. The van der Waals surface area contributed by atoms with Crippen molar-refractivity contribution >= 4 is 46.5 Å². The maximum absolute atomic E-state index is 15.5. The molecule has 48 heavy (non-hydrogen) atoms. The number of halogens is 3. The van der Waals surface area contributed by atoms with Crippen LogP contribution in [0.4, 0.5) is 15.9 Å². The second-order valence-corrected chi connectivity index (χ2v) is 12.4. The number of methoxy groups -OCH3 is 1. The second kappa shape index (κ2) is 15.2. The zero-order valence-electron chi connectivity index (χ0n) is 26.2. The molecular formula is C34H35Cl2FN8O3. The largest absolute Gasteiger partial charge is 0.481 e. The van der Waals surface area contributed by atoms with E-state index in [0.717, 1.165) is 18.4 Å². The van der Waals surface area contributed by atoms with Gasteiger partial charge in [-0.3, -0.25) is 14.6 Å². The molecule has 2 aliphatic heterocycles. The number of anilines is 2. The molecule has 0 aliphatic carbocycles. The molecule has 14 heteroatoms. The lowest BCUT2D eigenvalue weighted by Gasteiger charge is -2.16. The minimum Gasteiger partial charge on any atom is -0.481 e. The van der Waals surface area contributed by atoms with Crippen molar-refractivity contribution in [1.82, 2.24) is 36.2 Å². The third-order valence-corrected chi connectivity index (χ3v) is 9.15. The van der Waals surface area contributed by atoms with E-state index in [2.05, 4.69) is 36.6 Å². The Morgan fingerprint density at radius 1 is 0.854 bits per heavy atom. The Hall–Kier alpha value is -4.36. The number of hydrogen-bond donors (Lipinski definition) is 5. The fourth-order valence-corrected chi connectivity index (χ4v) is 6.40. The minimum atomic E-state index is -0.515. The van der Waals surface area contributed by atoms with Crippen LogP contribution in [0.5, 0.6) is 5.88 Å². The molecule has 3 aromatic heterocycles. The maximum atomic E-state index is 15.5. The number of amides is 2. The molecule has 2 fully saturated rings. The van der Waals surface area contributed by atoms with Crippen LogP contribution in [-0.4, -0.2) is 59.0 Å². The molecule has 250 valence electrons. The van der Waals surface area contributed by atoms with E-state index in [1.54, 1.807) is 31.5 Å². The Labute approximate surface area is 287 Å². The number of ether oxygens (including phenoxy) is 1. The monoisotopic (exact) mass is 692 g/mol. The van der Waals surface area contributed by atoms with Gasteiger partial charge in [0.05, 0.1) is 34.2 Å². The number of nitrogens with zero attached hydrogens (tertiary/aromatic N) is 3. The highest BCUT2D eigenvalue weighted by Gasteiger charge is 2.22. The number of nitrogens with one attached hydrogen (secondary N) is 5. The number of rotatable bonds is 13. The van der Waals surface area contributed by atoms with Gasteiger partial charge in [0.25, 0.3) is 0 Å². The van der Waals surface area contributed by atoms with Gasteiger partial charge in [-0.05, 0) is 31.0 Å². The number of carbonyl (C=O) groups is 2. The summed E-state index contributed by atoms with van der Waals surface area (Å²) in [5.74, 6) is 0.0722. The molecule has 5 heterocycles. The summed E-state index contributed by atoms with van der Waals surface area (Å²) >= 11 is 13.8. The zero-order chi connectivity index (χ0) is 33.6. The predicted molar refractivity (Wildman–Crippen MR) is 183 cm³/mol. The lowest BCUT2D eigenvalue weighted by molar-refractivity contribution is -0.120. The zero-order valence-corrected chi connectivity index (χ0v) is 27.7. The van der Waals surface area contributed by atoms with Crippen molar-refractivity contribution in [2.24, 2.45) is 0 Å². The lowest BCUT2D eigenvalue weighted by atomic mass is 10.0. The van der Waals surface area contributed by atoms with Crippen LogP contribution in [-0.2, 0) is 22.7 Å². The SMILES string of the molecule is COc1nc(-c2cccc(-c3nccc(Nc4nccc(CNC[C@@H]5CCC(=O)N5)c4F)c3Cl)c2Cl)ccc1CNC[C@@H]1CCC(=O)N1. The molecule has 2 atom stereocenters. The Kier molecular flexibility index (Phi) is 10.7. The normalized spacial score (nSPS) is 17.3. The van der Waals surface area contributed by atoms with Gasteiger partial charge in [-0.25, -0.2) is 14.4 Å². The Bertz CT molecular complexity index is 1830. The van der Waals surface area contributed by atoms with Crippen LogP contribution >= 0.6 is 23.2 Å². The predicted octanol–water partition coefficient (Wildman–Crippen LogP) is 5.14. The molecule has 4 aromatic rings. The first-order chi connectivity index (χ1) is 23.3. The first-order valence-electron chi connectivity index (χ1n) is 15.7. The number of aromatic nitrogens is 3. The third-order valence-electron chi connectivity index (χ3n) is 8.36. The molecule has 6 rings (SSSR count). The van der Waals surface area contributed by atoms with E-state index in [-0.39, 0.29) is 41.3 Å². The third kappa shape index (κ3) is 7.68. The highest BCUT2D eigenvalue weighted by Crippen LogP contribution is 2.41. The van der Waals surface area contributed by atoms with Crippen LogP contribution in [0.3, 0.4) is 0 Å². The molecule has 0 spiro atoms. The summed E-state index contributed by atoms with van der Waals surface area (Å²) < 4.78 is 21.1. The highest BCUT2D eigenvalue weighted by atomic mass is 35.5. The molecule has 0 unspecified atom stereocenters. The topological polar surface area (TPSA) is 142 Å². The average Bonchev–Trinajstić information content (AvgIpc) is 3.70. The van der Waals surface area contributed by atoms with Gasteiger partial charge in [-0.15, -0.1) is 0 Å². The van der Waals surface area contributed by atoms with E-state index in [1.165, 1.54) is 6.20 Å². The van der Waals surface area contributed by atoms with Crippen molar-refractivity contribution in [1.29, 1.82) is 0 Å². The van der Waals surface area contributed by atoms with Crippen LogP contribution in [0.2, 0.25) is 10.0 Å². The Morgan fingerprint density at radius 2 is 1.52 bits per heavy atom. The van der Waals surface area contributed by atoms with Crippen LogP contribution in [0.1, 0.15) is 36.8 Å². The van der Waals surface area contributed by atoms with Crippen molar-refractivity contribution in [2.75, 3.05) is 25.5 Å². The van der Waals surface area contributed by atoms with Gasteiger partial charge in [0.15, 0.2) is 11.6 Å². The molecule has 5 N–H and O–H groups in total. The van der Waals surface area contributed by atoms with Crippen molar-refractivity contribution in [2.45, 2.75) is 50.9 Å². The number of pyridine rings is 3. The van der Waals surface area contributed by atoms with E-state index in [0.29, 0.717) is 77.1 Å². The summed E-state index contributed by atoms with van der Waals surface area (Å²) in [6, 6.07) is 12.7. The minimum absolute atomic E-state index is 0.0150. The van der Waals surface area contributed by atoms with E-state index in [4.69, 9.17) is 32.9 Å². The lowest BCUT2D eigenvalue weighted by Crippen LogP contribution is -2.35. The summed E-state index contributed by atoms with van der Waals surface area (Å²) in [7, 11) is 1.56. The Morgan fingerprint density at radius 3 is 2.19 bits per heavy atom. The first kappa shape index (κ1) is 33.5. The van der Waals surface area contributed by atoms with Gasteiger partial charge in [0, 0.05) is 85.8 Å². The van der Waals surface area contributed by atoms with Gasteiger partial charge in [0.2, 0.25) is 17.7 Å². The van der Waals surface area contributed by atoms with Crippen LogP contribution in [0.25, 0.3) is 22.5 Å². The van der Waals surface area contributed by atoms with Crippen LogP contribution in [0.15, 0.2) is 54.9 Å². The molecule has 11 nitrogen and oxygen atoms in total. The molecule has 2 saturated heterocycles. The van der Waals surface area contributed by atoms with Gasteiger partial charge in [0.1, 0.15) is 0 Å². The standard InChI is InChI=1S/C34H35Cl2FN8O3/c1-48-34-20(16-39-18-22-7-10-28(47)43-22)5-8-25(45-34)23-3-2-4-24(29(23)35)32-30(36)26(12-14-40-32)44-33-31(37)19(11-13-41-33)15-38-17-21-6-9-27(46)42-21/h2-5,8,11-14,21-22,38-39H,6-7,9-10,15-18H2,1H3,(H,42,46)(H,43,47)(H,40,41,44)/t21-,22-/m0/s1. The Balaban J connectivity index is 1.17. The van der Waals surface area contributed by atoms with E-state index in [1.807, 2.05) is 24.3 Å². The van der Waals surface area contributed by atoms with Gasteiger partial charge < -0.3 is 31.3 Å². The molecule has 1 aromatic carbocycles. The molecular weight excluding hydrogens is 658 g/mol. The fourth-order valence-electron chi connectivity index (χ4n) is 5.83. The van der Waals surface area contributed by atoms with Crippen LogP contribution < -0.4 is 31.3 Å². The number of hydrogen-bond acceptors (Lipinski definition) is 9. The molecule has 2 aliphatic rings. The average molecular weight is 694 g/mol. The van der Waals surface area contributed by atoms with E-state index in [9.17, 15) is 9.59 Å². The summed E-state index contributed by atoms with van der Waals surface area (Å²) in [6.45, 7) is 1.98. The summed E-state index contributed by atoms with van der Waals surface area (Å²) in [5.41, 5.74) is 3.91. The quantitative estimate of drug-likeness (QED) is 0.129. The van der Waals surface area contributed by atoms with Gasteiger partial charge in [-0.1, -0.05) is 47.5 Å². The summed E-state index contributed by atoms with van der Waals surface area (Å²) in [5, 5.41) is 16.0. The molecule has 0 radical (unpaired) electrons. The van der Waals surface area contributed by atoms with Crippen molar-refractivity contribution in [3.63, 3.8) is 0 Å². The first-order valence-corrected chi connectivity index (χ1v) is 16.4. The van der Waals surface area contributed by atoms with E-state index >= 15 is 4.39 Å². The maximum Gasteiger partial charge on any atom is 0.220 e. The second-order valence-electron chi connectivity index (χ2n) is 11.7. The fraction of sp³-hybridized carbons (Fsp3) is 0.324. The van der Waals surface area contributed by atoms with Gasteiger partial charge >= 0.3 is 0 Å². The number of benzene rings is 1. The highest BCUT2D eigenvalue weighted by molar-refractivity contribution is 6.39. The van der Waals surface area contributed by atoms with Crippen molar-refractivity contribution < 1.29 is 18.7 Å².